The number of oxazole rings is 1. The monoisotopic (exact) mass is 361 g/mol. The van der Waals surface area contributed by atoms with E-state index < -0.39 is 5.91 Å². The molecule has 1 heterocycles. The number of anilines is 1. The van der Waals surface area contributed by atoms with Crippen LogP contribution < -0.4 is 11.1 Å². The predicted molar refractivity (Wildman–Crippen MR) is 93.3 cm³/mol. The summed E-state index contributed by atoms with van der Waals surface area (Å²) in [6.07, 6.45) is 0. The lowest BCUT2D eigenvalue weighted by Gasteiger charge is -2.06. The zero-order valence-corrected chi connectivity index (χ0v) is 13.9. The van der Waals surface area contributed by atoms with Gasteiger partial charge in [0.05, 0.1) is 16.3 Å². The molecule has 3 N–H and O–H groups in total. The minimum atomic E-state index is -0.656. The molecule has 8 heteroatoms. The van der Waals surface area contributed by atoms with E-state index in [-0.39, 0.29) is 22.2 Å². The van der Waals surface area contributed by atoms with Crippen LogP contribution in [0.4, 0.5) is 5.69 Å². The molecule has 0 aliphatic heterocycles. The zero-order chi connectivity index (χ0) is 17.1. The molecule has 0 aliphatic carbocycles. The third-order valence-corrected chi connectivity index (χ3v) is 4.27. The Labute approximate surface area is 146 Å². The highest BCUT2D eigenvalue weighted by Crippen LogP contribution is 2.24. The van der Waals surface area contributed by atoms with E-state index in [2.05, 4.69) is 10.3 Å². The van der Waals surface area contributed by atoms with Crippen LogP contribution in [0.25, 0.3) is 11.1 Å². The Morgan fingerprint density at radius 1 is 1.25 bits per heavy atom. The molecule has 0 spiro atoms. The lowest BCUT2D eigenvalue weighted by Crippen LogP contribution is -2.16. The van der Waals surface area contributed by atoms with Gasteiger partial charge in [-0.3, -0.25) is 9.59 Å². The normalized spacial score (nSPS) is 10.7. The molecule has 0 fully saturated rings. The van der Waals surface area contributed by atoms with E-state index in [0.29, 0.717) is 16.5 Å². The fourth-order valence-electron chi connectivity index (χ4n) is 2.03. The molecule has 0 unspecified atom stereocenters. The number of carbonyl (C=O) groups excluding carboxylic acids is 2. The van der Waals surface area contributed by atoms with Crippen molar-refractivity contribution >= 4 is 52.0 Å². The lowest BCUT2D eigenvalue weighted by molar-refractivity contribution is -0.113. The number of aromatic nitrogens is 1. The number of carbonyl (C=O) groups is 2. The van der Waals surface area contributed by atoms with Crippen LogP contribution in [0.1, 0.15) is 10.4 Å². The largest absolute Gasteiger partial charge is 0.431 e. The van der Waals surface area contributed by atoms with Gasteiger partial charge in [-0.2, -0.15) is 0 Å². The van der Waals surface area contributed by atoms with Gasteiger partial charge in [-0.15, -0.1) is 0 Å². The number of primary amides is 1. The molecular formula is C16H12ClN3O3S. The summed E-state index contributed by atoms with van der Waals surface area (Å²) in [6, 6.07) is 11.9. The summed E-state index contributed by atoms with van der Waals surface area (Å²) < 4.78 is 5.53. The molecule has 3 aromatic rings. The van der Waals surface area contributed by atoms with E-state index >= 15 is 0 Å². The van der Waals surface area contributed by atoms with Crippen molar-refractivity contribution in [1.82, 2.24) is 4.98 Å². The summed E-state index contributed by atoms with van der Waals surface area (Å²) in [6.45, 7) is 0. The Hall–Kier alpha value is -2.51. The molecule has 0 atom stereocenters. The van der Waals surface area contributed by atoms with E-state index in [0.717, 1.165) is 5.52 Å². The van der Waals surface area contributed by atoms with Gasteiger partial charge in [-0.05, 0) is 30.3 Å². The minimum Gasteiger partial charge on any atom is -0.431 e. The Bertz CT molecular complexity index is 893. The van der Waals surface area contributed by atoms with Crippen molar-refractivity contribution in [3.63, 3.8) is 0 Å². The van der Waals surface area contributed by atoms with Crippen LogP contribution >= 0.6 is 23.4 Å². The van der Waals surface area contributed by atoms with Crippen molar-refractivity contribution in [3.8, 4) is 0 Å². The molecule has 24 heavy (non-hydrogen) atoms. The second-order valence-corrected chi connectivity index (χ2v) is 6.18. The second kappa shape index (κ2) is 6.94. The number of para-hydroxylation sites is 2. The summed E-state index contributed by atoms with van der Waals surface area (Å²) >= 11 is 7.05. The van der Waals surface area contributed by atoms with Crippen LogP contribution in [0.15, 0.2) is 52.1 Å². The maximum absolute atomic E-state index is 12.0. The number of halogens is 1. The third-order valence-electron chi connectivity index (χ3n) is 3.12. The number of nitrogens with two attached hydrogens (primary N) is 1. The van der Waals surface area contributed by atoms with Crippen LogP contribution in [0, 0.1) is 0 Å². The van der Waals surface area contributed by atoms with Gasteiger partial charge in [0.25, 0.3) is 5.22 Å². The van der Waals surface area contributed by atoms with Crippen LogP contribution in [-0.4, -0.2) is 22.6 Å². The molecule has 0 saturated carbocycles. The van der Waals surface area contributed by atoms with Gasteiger partial charge in [-0.1, -0.05) is 35.5 Å². The first-order valence-electron chi connectivity index (χ1n) is 6.90. The second-order valence-electron chi connectivity index (χ2n) is 4.84. The predicted octanol–water partition coefficient (Wildman–Crippen LogP) is 3.31. The third kappa shape index (κ3) is 3.69. The molecule has 1 aromatic heterocycles. The highest BCUT2D eigenvalue weighted by Gasteiger charge is 2.11. The fraction of sp³-hybridized carbons (Fsp3) is 0.0625. The number of nitrogens with zero attached hydrogens (tertiary/aromatic N) is 1. The summed E-state index contributed by atoms with van der Waals surface area (Å²) in [5, 5.41) is 3.33. The fourth-order valence-corrected chi connectivity index (χ4v) is 2.88. The number of rotatable bonds is 5. The van der Waals surface area contributed by atoms with Crippen molar-refractivity contribution in [3.05, 3.63) is 53.1 Å². The first-order valence-corrected chi connectivity index (χ1v) is 8.27. The van der Waals surface area contributed by atoms with E-state index in [1.54, 1.807) is 6.07 Å². The van der Waals surface area contributed by atoms with E-state index in [9.17, 15) is 9.59 Å². The number of thioether (sulfide) groups is 1. The quantitative estimate of drug-likeness (QED) is 0.679. The smallest absolute Gasteiger partial charge is 0.257 e. The Morgan fingerprint density at radius 2 is 2.04 bits per heavy atom. The van der Waals surface area contributed by atoms with E-state index in [4.69, 9.17) is 21.8 Å². The highest BCUT2D eigenvalue weighted by atomic mass is 35.5. The number of hydrogen-bond acceptors (Lipinski definition) is 5. The van der Waals surface area contributed by atoms with Crippen molar-refractivity contribution in [2.24, 2.45) is 5.73 Å². The SMILES string of the molecule is NC(=O)c1cc(NC(=O)CSc2nc3ccccc3o2)ccc1Cl. The van der Waals surface area contributed by atoms with Crippen molar-refractivity contribution < 1.29 is 14.0 Å². The van der Waals surface area contributed by atoms with Crippen LogP contribution in [-0.2, 0) is 4.79 Å². The van der Waals surface area contributed by atoms with Crippen LogP contribution in [0.3, 0.4) is 0 Å². The minimum absolute atomic E-state index is 0.112. The average molecular weight is 362 g/mol. The van der Waals surface area contributed by atoms with Gasteiger partial charge >= 0.3 is 0 Å². The number of fused-ring (bicyclic) bond motifs is 1. The molecule has 122 valence electrons. The van der Waals surface area contributed by atoms with Crippen molar-refractivity contribution in [1.29, 1.82) is 0 Å². The topological polar surface area (TPSA) is 98.2 Å². The van der Waals surface area contributed by atoms with E-state index in [1.807, 2.05) is 24.3 Å². The molecule has 6 nitrogen and oxygen atoms in total. The van der Waals surface area contributed by atoms with Gasteiger partial charge in [0.2, 0.25) is 11.8 Å². The molecular weight excluding hydrogens is 350 g/mol. The van der Waals surface area contributed by atoms with Gasteiger partial charge < -0.3 is 15.5 Å². The van der Waals surface area contributed by atoms with Crippen LogP contribution in [0.2, 0.25) is 5.02 Å². The number of amides is 2. The number of hydrogen-bond donors (Lipinski definition) is 2. The maximum Gasteiger partial charge on any atom is 0.257 e. The van der Waals surface area contributed by atoms with Crippen LogP contribution in [0.5, 0.6) is 0 Å². The Kier molecular flexibility index (Phi) is 4.73. The standard InChI is InChI=1S/C16H12ClN3O3S/c17-11-6-5-9(7-10(11)15(18)22)19-14(21)8-24-16-20-12-3-1-2-4-13(12)23-16/h1-7H,8H2,(H2,18,22)(H,19,21). The highest BCUT2D eigenvalue weighted by molar-refractivity contribution is 7.99. The summed E-state index contributed by atoms with van der Waals surface area (Å²) in [5.41, 5.74) is 7.23. The molecule has 2 amide bonds. The lowest BCUT2D eigenvalue weighted by atomic mass is 10.2. The zero-order valence-electron chi connectivity index (χ0n) is 12.3. The molecule has 0 bridgehead atoms. The maximum atomic E-state index is 12.0. The number of nitrogens with one attached hydrogen (secondary N) is 1. The van der Waals surface area contributed by atoms with Crippen molar-refractivity contribution in [2.45, 2.75) is 5.22 Å². The Balaban J connectivity index is 1.63. The van der Waals surface area contributed by atoms with Gasteiger partial charge in [0.1, 0.15) is 5.52 Å². The summed E-state index contributed by atoms with van der Waals surface area (Å²) in [4.78, 5) is 27.6. The van der Waals surface area contributed by atoms with Gasteiger partial charge in [0, 0.05) is 5.69 Å². The first kappa shape index (κ1) is 16.4. The molecule has 0 aliphatic rings. The summed E-state index contributed by atoms with van der Waals surface area (Å²) in [5.74, 6) is -0.807. The van der Waals surface area contributed by atoms with Gasteiger partial charge in [-0.25, -0.2) is 4.98 Å². The Morgan fingerprint density at radius 3 is 2.79 bits per heavy atom. The van der Waals surface area contributed by atoms with E-state index in [1.165, 1.54) is 23.9 Å². The van der Waals surface area contributed by atoms with Crippen molar-refractivity contribution in [2.75, 3.05) is 11.1 Å². The summed E-state index contributed by atoms with van der Waals surface area (Å²) in [7, 11) is 0. The van der Waals surface area contributed by atoms with Gasteiger partial charge in [0.15, 0.2) is 5.58 Å². The molecule has 3 rings (SSSR count). The molecule has 0 radical (unpaired) electrons. The molecule has 2 aromatic carbocycles. The number of benzene rings is 2. The first-order chi connectivity index (χ1) is 11.5. The molecule has 0 saturated heterocycles. The average Bonchev–Trinajstić information content (AvgIpc) is 2.97.